The number of para-hydroxylation sites is 1. The number of anilines is 1. The van der Waals surface area contributed by atoms with E-state index in [1.54, 1.807) is 37.3 Å². The summed E-state index contributed by atoms with van der Waals surface area (Å²) in [5, 5.41) is 4.46. The van der Waals surface area contributed by atoms with Gasteiger partial charge in [0.15, 0.2) is 6.10 Å². The van der Waals surface area contributed by atoms with Crippen LogP contribution in [-0.4, -0.2) is 39.0 Å². The van der Waals surface area contributed by atoms with Crippen LogP contribution in [0, 0.1) is 0 Å². The molecule has 0 saturated carbocycles. The van der Waals surface area contributed by atoms with Gasteiger partial charge in [0, 0.05) is 6.54 Å². The van der Waals surface area contributed by atoms with Crippen LogP contribution in [0.1, 0.15) is 29.8 Å². The molecule has 0 radical (unpaired) electrons. The second-order valence-electron chi connectivity index (χ2n) is 7.76. The quantitative estimate of drug-likeness (QED) is 0.426. The van der Waals surface area contributed by atoms with Crippen molar-refractivity contribution in [1.82, 2.24) is 10.6 Å². The third-order valence-electron chi connectivity index (χ3n) is 5.10. The van der Waals surface area contributed by atoms with E-state index in [0.29, 0.717) is 12.2 Å². The van der Waals surface area contributed by atoms with Gasteiger partial charge in [0.05, 0.1) is 22.7 Å². The molecule has 0 aliphatic carbocycles. The van der Waals surface area contributed by atoms with Gasteiger partial charge in [-0.15, -0.1) is 0 Å². The van der Waals surface area contributed by atoms with E-state index in [1.807, 2.05) is 30.3 Å². The van der Waals surface area contributed by atoms with Crippen molar-refractivity contribution in [1.29, 1.82) is 0 Å². The van der Waals surface area contributed by atoms with Crippen molar-refractivity contribution >= 4 is 33.6 Å². The van der Waals surface area contributed by atoms with E-state index >= 15 is 0 Å². The fourth-order valence-corrected chi connectivity index (χ4v) is 4.77. The Labute approximate surface area is 210 Å². The summed E-state index contributed by atoms with van der Waals surface area (Å²) in [6.07, 6.45) is -1.28. The van der Waals surface area contributed by atoms with Gasteiger partial charge in [-0.25, -0.2) is 18.0 Å². The molecular formula is C26H27N3O6S. The Kier molecular flexibility index (Phi) is 8.80. The molecule has 0 spiro atoms. The normalized spacial score (nSPS) is 11.7. The van der Waals surface area contributed by atoms with Gasteiger partial charge < -0.3 is 10.1 Å². The average molecular weight is 510 g/mol. The largest absolute Gasteiger partial charge is 0.449 e. The lowest BCUT2D eigenvalue weighted by Gasteiger charge is -2.25. The number of urea groups is 1. The molecule has 3 amide bonds. The molecule has 9 nitrogen and oxygen atoms in total. The van der Waals surface area contributed by atoms with Crippen molar-refractivity contribution in [2.45, 2.75) is 31.4 Å². The van der Waals surface area contributed by atoms with Gasteiger partial charge >= 0.3 is 12.0 Å². The third-order valence-corrected chi connectivity index (χ3v) is 6.87. The molecular weight excluding hydrogens is 482 g/mol. The monoisotopic (exact) mass is 509 g/mol. The molecule has 0 aliphatic heterocycles. The minimum absolute atomic E-state index is 0.0542. The predicted molar refractivity (Wildman–Crippen MR) is 135 cm³/mol. The molecule has 10 heteroatoms. The first-order valence-corrected chi connectivity index (χ1v) is 12.7. The van der Waals surface area contributed by atoms with Crippen LogP contribution in [0.2, 0.25) is 0 Å². The predicted octanol–water partition coefficient (Wildman–Crippen LogP) is 3.47. The lowest BCUT2D eigenvalue weighted by atomic mass is 10.2. The molecule has 188 valence electrons. The number of hydrogen-bond donors (Lipinski definition) is 2. The first-order valence-electron chi connectivity index (χ1n) is 11.2. The summed E-state index contributed by atoms with van der Waals surface area (Å²) in [5.41, 5.74) is 1.19. The van der Waals surface area contributed by atoms with Crippen LogP contribution in [0.15, 0.2) is 89.8 Å². The highest BCUT2D eigenvalue weighted by atomic mass is 32.2. The number of nitrogens with zero attached hydrogens (tertiary/aromatic N) is 1. The van der Waals surface area contributed by atoms with Crippen LogP contribution in [0.3, 0.4) is 0 Å². The van der Waals surface area contributed by atoms with E-state index in [2.05, 4.69) is 10.6 Å². The molecule has 0 unspecified atom stereocenters. The Bertz CT molecular complexity index is 1310. The highest BCUT2D eigenvalue weighted by Gasteiger charge is 2.27. The van der Waals surface area contributed by atoms with Gasteiger partial charge in [-0.3, -0.25) is 14.4 Å². The standard InChI is InChI=1S/C26H27N3O6S/c1-3-27-26(32)28-24(30)19(2)35-25(31)21-13-10-16-23(17-21)36(33,34)29(22-14-8-5-9-15-22)18-20-11-6-4-7-12-20/h4-17,19H,3,18H2,1-2H3,(H2,27,28,30,32)/t19-/m0/s1. The van der Waals surface area contributed by atoms with E-state index in [0.717, 1.165) is 5.56 Å². The molecule has 2 N–H and O–H groups in total. The average Bonchev–Trinajstić information content (AvgIpc) is 2.88. The molecule has 36 heavy (non-hydrogen) atoms. The number of carbonyl (C=O) groups excluding carboxylic acids is 3. The van der Waals surface area contributed by atoms with E-state index < -0.39 is 34.0 Å². The number of rotatable bonds is 9. The fourth-order valence-electron chi connectivity index (χ4n) is 3.27. The summed E-state index contributed by atoms with van der Waals surface area (Å²) in [6, 6.07) is 22.5. The summed E-state index contributed by atoms with van der Waals surface area (Å²) in [7, 11) is -4.08. The number of ether oxygens (including phenoxy) is 1. The Balaban J connectivity index is 1.85. The molecule has 0 saturated heterocycles. The molecule has 0 aliphatic rings. The molecule has 0 heterocycles. The number of carbonyl (C=O) groups is 3. The van der Waals surface area contributed by atoms with Crippen molar-refractivity contribution in [2.75, 3.05) is 10.8 Å². The molecule has 3 aromatic rings. The van der Waals surface area contributed by atoms with Gasteiger partial charge in [-0.1, -0.05) is 54.6 Å². The van der Waals surface area contributed by atoms with Gasteiger partial charge in [0.1, 0.15) is 0 Å². The number of esters is 1. The summed E-state index contributed by atoms with van der Waals surface area (Å²) in [4.78, 5) is 36.2. The number of nitrogens with one attached hydrogen (secondary N) is 2. The topological polar surface area (TPSA) is 122 Å². The van der Waals surface area contributed by atoms with Crippen LogP contribution in [0.4, 0.5) is 10.5 Å². The van der Waals surface area contributed by atoms with Gasteiger partial charge in [0.25, 0.3) is 15.9 Å². The van der Waals surface area contributed by atoms with Crippen LogP contribution in [0.25, 0.3) is 0 Å². The second kappa shape index (κ2) is 12.0. The molecule has 1 atom stereocenters. The SMILES string of the molecule is CCNC(=O)NC(=O)[C@H](C)OC(=O)c1cccc(S(=O)(=O)N(Cc2ccccc2)c2ccccc2)c1. The number of benzene rings is 3. The lowest BCUT2D eigenvalue weighted by molar-refractivity contribution is -0.127. The second-order valence-corrected chi connectivity index (χ2v) is 9.62. The molecule has 3 aromatic carbocycles. The first kappa shape index (κ1) is 26.4. The van der Waals surface area contributed by atoms with E-state index in [4.69, 9.17) is 4.74 Å². The van der Waals surface area contributed by atoms with Crippen LogP contribution in [-0.2, 0) is 26.1 Å². The van der Waals surface area contributed by atoms with Crippen molar-refractivity contribution in [3.8, 4) is 0 Å². The lowest BCUT2D eigenvalue weighted by Crippen LogP contribution is -2.44. The number of imide groups is 1. The van der Waals surface area contributed by atoms with E-state index in [9.17, 15) is 22.8 Å². The molecule has 0 fully saturated rings. The van der Waals surface area contributed by atoms with Crippen molar-refractivity contribution in [3.05, 3.63) is 96.1 Å². The molecule has 0 bridgehead atoms. The maximum Gasteiger partial charge on any atom is 0.338 e. The minimum Gasteiger partial charge on any atom is -0.449 e. The zero-order valence-corrected chi connectivity index (χ0v) is 20.7. The molecule has 3 rings (SSSR count). The summed E-state index contributed by atoms with van der Waals surface area (Å²) < 4.78 is 33.8. The third kappa shape index (κ3) is 6.70. The maximum atomic E-state index is 13.7. The van der Waals surface area contributed by atoms with Crippen molar-refractivity contribution in [2.24, 2.45) is 0 Å². The van der Waals surface area contributed by atoms with E-state index in [-0.39, 0.29) is 17.0 Å². The van der Waals surface area contributed by atoms with Crippen molar-refractivity contribution < 1.29 is 27.5 Å². The fraction of sp³-hybridized carbons (Fsp3) is 0.192. The van der Waals surface area contributed by atoms with E-state index in [1.165, 1.54) is 35.5 Å². The maximum absolute atomic E-state index is 13.7. The summed E-state index contributed by atoms with van der Waals surface area (Å²) in [6.45, 7) is 3.40. The number of hydrogen-bond acceptors (Lipinski definition) is 6. The minimum atomic E-state index is -4.08. The van der Waals surface area contributed by atoms with Crippen LogP contribution < -0.4 is 14.9 Å². The summed E-state index contributed by atoms with van der Waals surface area (Å²) in [5.74, 6) is -1.71. The first-order chi connectivity index (χ1) is 17.2. The smallest absolute Gasteiger partial charge is 0.338 e. The Morgan fingerprint density at radius 2 is 1.56 bits per heavy atom. The van der Waals surface area contributed by atoms with Crippen LogP contribution in [0.5, 0.6) is 0 Å². The zero-order chi connectivity index (χ0) is 26.1. The Hall–Kier alpha value is -4.18. The highest BCUT2D eigenvalue weighted by molar-refractivity contribution is 7.92. The van der Waals surface area contributed by atoms with Crippen LogP contribution >= 0.6 is 0 Å². The van der Waals surface area contributed by atoms with Gasteiger partial charge in [-0.2, -0.15) is 0 Å². The molecule has 0 aromatic heterocycles. The van der Waals surface area contributed by atoms with Crippen molar-refractivity contribution in [3.63, 3.8) is 0 Å². The summed E-state index contributed by atoms with van der Waals surface area (Å²) >= 11 is 0. The van der Waals surface area contributed by atoms with Gasteiger partial charge in [-0.05, 0) is 49.7 Å². The zero-order valence-electron chi connectivity index (χ0n) is 19.9. The number of amides is 3. The number of sulfonamides is 1. The van der Waals surface area contributed by atoms with Gasteiger partial charge in [0.2, 0.25) is 0 Å². The Morgan fingerprint density at radius 1 is 0.917 bits per heavy atom. The Morgan fingerprint density at radius 3 is 2.19 bits per heavy atom. The highest BCUT2D eigenvalue weighted by Crippen LogP contribution is 2.26.